The minimum Gasteiger partial charge on any atom is -0.306 e. The smallest absolute Gasteiger partial charge is 0.0683 e. The van der Waals surface area contributed by atoms with Crippen LogP contribution in [0.5, 0.6) is 0 Å². The molecule has 0 spiro atoms. The summed E-state index contributed by atoms with van der Waals surface area (Å²) in [5, 5.41) is 8.88. The molecule has 2 heteroatoms. The lowest BCUT2D eigenvalue weighted by Gasteiger charge is -2.27. The Morgan fingerprint density at radius 1 is 1.13 bits per heavy atom. The van der Waals surface area contributed by atoms with E-state index in [1.807, 2.05) is 13.8 Å². The van der Waals surface area contributed by atoms with Gasteiger partial charge in [0.1, 0.15) is 0 Å². The molecule has 0 radical (unpaired) electrons. The van der Waals surface area contributed by atoms with Crippen LogP contribution in [-0.4, -0.2) is 25.0 Å². The second-order valence-electron chi connectivity index (χ2n) is 6.40. The van der Waals surface area contributed by atoms with Gasteiger partial charge >= 0.3 is 0 Å². The number of hydrogen-bond donors (Lipinski definition) is 0. The first kappa shape index (κ1) is 14.5. The van der Waals surface area contributed by atoms with E-state index in [2.05, 4.69) is 38.8 Å². The van der Waals surface area contributed by atoms with Gasteiger partial charge in [0.15, 0.2) is 0 Å². The maximum Gasteiger partial charge on any atom is 0.0683 e. The first-order chi connectivity index (χ1) is 6.66. The summed E-state index contributed by atoms with van der Waals surface area (Å²) >= 11 is 0. The molecule has 0 atom stereocenters. The molecule has 0 heterocycles. The van der Waals surface area contributed by atoms with Crippen molar-refractivity contribution >= 4 is 0 Å². The summed E-state index contributed by atoms with van der Waals surface area (Å²) in [5.41, 5.74) is 0.196. The molecule has 0 fully saturated rings. The first-order valence-corrected chi connectivity index (χ1v) is 5.76. The molecule has 0 saturated heterocycles. The van der Waals surface area contributed by atoms with Crippen LogP contribution in [0.4, 0.5) is 0 Å². The minimum atomic E-state index is -0.164. The molecule has 0 aromatic rings. The lowest BCUT2D eigenvalue weighted by Crippen LogP contribution is -2.30. The lowest BCUT2D eigenvalue weighted by molar-refractivity contribution is 0.218. The van der Waals surface area contributed by atoms with Crippen molar-refractivity contribution in [2.75, 3.05) is 20.1 Å². The third-order valence-electron chi connectivity index (χ3n) is 2.39. The average molecular weight is 210 g/mol. The van der Waals surface area contributed by atoms with Gasteiger partial charge in [-0.05, 0) is 45.7 Å². The maximum absolute atomic E-state index is 8.88. The highest BCUT2D eigenvalue weighted by atomic mass is 15.1. The van der Waals surface area contributed by atoms with E-state index in [0.717, 1.165) is 25.9 Å². The highest BCUT2D eigenvalue weighted by Gasteiger charge is 2.17. The second-order valence-corrected chi connectivity index (χ2v) is 6.40. The third kappa shape index (κ3) is 8.44. The van der Waals surface area contributed by atoms with Crippen LogP contribution in [0.2, 0.25) is 0 Å². The van der Waals surface area contributed by atoms with E-state index in [1.165, 1.54) is 0 Å². The van der Waals surface area contributed by atoms with Crippen molar-refractivity contribution in [3.63, 3.8) is 0 Å². The van der Waals surface area contributed by atoms with Crippen molar-refractivity contribution in [2.45, 2.75) is 47.5 Å². The summed E-state index contributed by atoms with van der Waals surface area (Å²) in [7, 11) is 2.16. The molecule has 0 aliphatic heterocycles. The summed E-state index contributed by atoms with van der Waals surface area (Å²) in [6.07, 6.45) is 2.09. The number of hydrogen-bond acceptors (Lipinski definition) is 2. The van der Waals surface area contributed by atoms with Crippen LogP contribution in [0, 0.1) is 22.2 Å². The van der Waals surface area contributed by atoms with Crippen LogP contribution in [0.1, 0.15) is 47.5 Å². The van der Waals surface area contributed by atoms with Gasteiger partial charge in [0.25, 0.3) is 0 Å². The van der Waals surface area contributed by atoms with Gasteiger partial charge in [-0.1, -0.05) is 20.8 Å². The van der Waals surface area contributed by atoms with Crippen LogP contribution < -0.4 is 0 Å². The van der Waals surface area contributed by atoms with Crippen LogP contribution in [0.15, 0.2) is 0 Å². The molecule has 0 saturated carbocycles. The number of rotatable bonds is 5. The molecule has 0 aliphatic rings. The lowest BCUT2D eigenvalue weighted by atomic mass is 9.89. The Labute approximate surface area is 95.3 Å². The summed E-state index contributed by atoms with van der Waals surface area (Å²) in [4.78, 5) is 2.35. The zero-order chi connectivity index (χ0) is 12.1. The van der Waals surface area contributed by atoms with Gasteiger partial charge in [-0.2, -0.15) is 5.26 Å². The summed E-state index contributed by atoms with van der Waals surface area (Å²) in [6, 6.07) is 2.34. The molecule has 88 valence electrons. The van der Waals surface area contributed by atoms with E-state index in [9.17, 15) is 0 Å². The molecule has 0 aromatic heterocycles. The van der Waals surface area contributed by atoms with Crippen LogP contribution >= 0.6 is 0 Å². The second kappa shape index (κ2) is 5.51. The Morgan fingerprint density at radius 2 is 1.67 bits per heavy atom. The molecule has 0 aromatic carbocycles. The molecule has 0 N–H and O–H groups in total. The van der Waals surface area contributed by atoms with Crippen molar-refractivity contribution in [1.82, 2.24) is 4.90 Å². The molecular weight excluding hydrogens is 184 g/mol. The van der Waals surface area contributed by atoms with Crippen LogP contribution in [0.25, 0.3) is 0 Å². The Balaban J connectivity index is 3.75. The topological polar surface area (TPSA) is 27.0 Å². The van der Waals surface area contributed by atoms with Crippen LogP contribution in [0.3, 0.4) is 0 Å². The largest absolute Gasteiger partial charge is 0.306 e. The van der Waals surface area contributed by atoms with E-state index in [0.29, 0.717) is 5.41 Å². The van der Waals surface area contributed by atoms with Gasteiger partial charge in [0.05, 0.1) is 11.5 Å². The molecular formula is C13H26N2. The van der Waals surface area contributed by atoms with Crippen molar-refractivity contribution in [2.24, 2.45) is 10.8 Å². The van der Waals surface area contributed by atoms with Gasteiger partial charge in [-0.15, -0.1) is 0 Å². The van der Waals surface area contributed by atoms with E-state index in [1.54, 1.807) is 0 Å². The van der Waals surface area contributed by atoms with Crippen molar-refractivity contribution in [1.29, 1.82) is 5.26 Å². The molecule has 0 rings (SSSR count). The van der Waals surface area contributed by atoms with Gasteiger partial charge < -0.3 is 4.90 Å². The first-order valence-electron chi connectivity index (χ1n) is 5.76. The molecule has 0 bridgehead atoms. The maximum atomic E-state index is 8.88. The van der Waals surface area contributed by atoms with Crippen molar-refractivity contribution in [3.05, 3.63) is 0 Å². The summed E-state index contributed by atoms with van der Waals surface area (Å²) in [5.74, 6) is 0. The zero-order valence-corrected chi connectivity index (χ0v) is 11.2. The fraction of sp³-hybridized carbons (Fsp3) is 0.923. The Kier molecular flexibility index (Phi) is 5.31. The average Bonchev–Trinajstić information content (AvgIpc) is 2.00. The van der Waals surface area contributed by atoms with E-state index in [4.69, 9.17) is 5.26 Å². The van der Waals surface area contributed by atoms with E-state index in [-0.39, 0.29) is 5.41 Å². The van der Waals surface area contributed by atoms with Gasteiger partial charge in [-0.25, -0.2) is 0 Å². The third-order valence-corrected chi connectivity index (χ3v) is 2.39. The molecule has 0 amide bonds. The van der Waals surface area contributed by atoms with E-state index < -0.39 is 0 Å². The van der Waals surface area contributed by atoms with E-state index >= 15 is 0 Å². The SMILES string of the molecule is CN(CCCC(C)(C)C#N)CC(C)(C)C. The molecule has 15 heavy (non-hydrogen) atoms. The standard InChI is InChI=1S/C13H26N2/c1-12(2,3)11-15(6)9-7-8-13(4,5)10-14/h7-9,11H2,1-6H3. The normalized spacial score (nSPS) is 12.9. The molecule has 2 nitrogen and oxygen atoms in total. The van der Waals surface area contributed by atoms with Gasteiger partial charge in [0, 0.05) is 6.54 Å². The fourth-order valence-corrected chi connectivity index (χ4v) is 1.74. The summed E-state index contributed by atoms with van der Waals surface area (Å²) in [6.45, 7) is 13.0. The number of nitriles is 1. The van der Waals surface area contributed by atoms with Crippen LogP contribution in [-0.2, 0) is 0 Å². The Bertz CT molecular complexity index is 218. The monoisotopic (exact) mass is 210 g/mol. The predicted octanol–water partition coefficient (Wildman–Crippen LogP) is 3.29. The van der Waals surface area contributed by atoms with Gasteiger partial charge in [0.2, 0.25) is 0 Å². The van der Waals surface area contributed by atoms with Crippen molar-refractivity contribution in [3.8, 4) is 6.07 Å². The fourth-order valence-electron chi connectivity index (χ4n) is 1.74. The summed E-state index contributed by atoms with van der Waals surface area (Å²) < 4.78 is 0. The zero-order valence-electron chi connectivity index (χ0n) is 11.2. The van der Waals surface area contributed by atoms with Crippen molar-refractivity contribution < 1.29 is 0 Å². The Morgan fingerprint density at radius 3 is 2.07 bits per heavy atom. The van der Waals surface area contributed by atoms with Gasteiger partial charge in [-0.3, -0.25) is 0 Å². The Hall–Kier alpha value is -0.550. The quantitative estimate of drug-likeness (QED) is 0.696. The number of nitrogens with zero attached hydrogens (tertiary/aromatic N) is 2. The molecule has 0 aliphatic carbocycles. The predicted molar refractivity (Wildman–Crippen MR) is 65.6 cm³/mol. The highest BCUT2D eigenvalue weighted by Crippen LogP contribution is 2.21. The highest BCUT2D eigenvalue weighted by molar-refractivity contribution is 4.91. The molecule has 0 unspecified atom stereocenters. The minimum absolute atomic E-state index is 0.164.